The molecule has 0 unspecified atom stereocenters. The summed E-state index contributed by atoms with van der Waals surface area (Å²) in [5, 5.41) is 4.44. The Morgan fingerprint density at radius 1 is 1.62 bits per heavy atom. The first-order valence-electron chi connectivity index (χ1n) is 3.82. The maximum Gasteiger partial charge on any atom is 0.271 e. The summed E-state index contributed by atoms with van der Waals surface area (Å²) in [6.07, 6.45) is 0. The van der Waals surface area contributed by atoms with Crippen LogP contribution in [0.2, 0.25) is 4.47 Å². The average Bonchev–Trinajstić information content (AvgIpc) is 2.31. The Labute approximate surface area is 86.1 Å². The molecule has 0 saturated carbocycles. The van der Waals surface area contributed by atoms with Crippen molar-refractivity contribution in [3.05, 3.63) is 15.5 Å². The summed E-state index contributed by atoms with van der Waals surface area (Å²) in [6, 6.07) is 0. The third kappa shape index (κ3) is 3.32. The van der Waals surface area contributed by atoms with Crippen molar-refractivity contribution in [2.24, 2.45) is 0 Å². The van der Waals surface area contributed by atoms with Crippen LogP contribution in [0.3, 0.4) is 0 Å². The number of hydrogen-bond acceptors (Lipinski definition) is 3. The molecule has 0 fully saturated rings. The zero-order valence-corrected chi connectivity index (χ0v) is 9.29. The second-order valence-electron chi connectivity index (χ2n) is 3.69. The molecule has 1 heterocycles. The summed E-state index contributed by atoms with van der Waals surface area (Å²) in [5.41, 5.74) is 0.137. The van der Waals surface area contributed by atoms with Crippen LogP contribution in [0.15, 0.2) is 5.38 Å². The van der Waals surface area contributed by atoms with E-state index in [0.29, 0.717) is 10.2 Å². The Balaban J connectivity index is 2.70. The first kappa shape index (κ1) is 10.5. The molecule has 0 radical (unpaired) electrons. The van der Waals surface area contributed by atoms with Gasteiger partial charge < -0.3 is 5.32 Å². The lowest BCUT2D eigenvalue weighted by Gasteiger charge is -2.19. The van der Waals surface area contributed by atoms with Crippen molar-refractivity contribution in [2.45, 2.75) is 26.3 Å². The highest BCUT2D eigenvalue weighted by molar-refractivity contribution is 7.14. The highest BCUT2D eigenvalue weighted by Crippen LogP contribution is 2.15. The molecule has 1 aromatic rings. The van der Waals surface area contributed by atoms with Gasteiger partial charge in [0.2, 0.25) is 0 Å². The van der Waals surface area contributed by atoms with E-state index in [1.165, 1.54) is 11.3 Å². The van der Waals surface area contributed by atoms with Crippen LogP contribution in [0.25, 0.3) is 0 Å². The van der Waals surface area contributed by atoms with Crippen LogP contribution in [-0.2, 0) is 0 Å². The van der Waals surface area contributed by atoms with Crippen LogP contribution in [0.5, 0.6) is 0 Å². The lowest BCUT2D eigenvalue weighted by atomic mass is 10.1. The standard InChI is InChI=1S/C8H11ClN2OS/c1-8(2,3)11-6(12)5-4-13-7(9)10-5/h4H,1-3H3,(H,11,12). The van der Waals surface area contributed by atoms with Gasteiger partial charge in [-0.15, -0.1) is 11.3 Å². The summed E-state index contributed by atoms with van der Waals surface area (Å²) >= 11 is 6.86. The molecular formula is C8H11ClN2OS. The van der Waals surface area contributed by atoms with Gasteiger partial charge in [-0.25, -0.2) is 4.98 Å². The summed E-state index contributed by atoms with van der Waals surface area (Å²) in [7, 11) is 0. The number of nitrogens with zero attached hydrogens (tertiary/aromatic N) is 1. The molecule has 0 spiro atoms. The van der Waals surface area contributed by atoms with E-state index in [0.717, 1.165) is 0 Å². The topological polar surface area (TPSA) is 42.0 Å². The van der Waals surface area contributed by atoms with Crippen LogP contribution >= 0.6 is 22.9 Å². The van der Waals surface area contributed by atoms with Crippen molar-refractivity contribution in [3.63, 3.8) is 0 Å². The van der Waals surface area contributed by atoms with E-state index in [9.17, 15) is 4.79 Å². The summed E-state index contributed by atoms with van der Waals surface area (Å²) in [4.78, 5) is 15.3. The van der Waals surface area contributed by atoms with E-state index < -0.39 is 0 Å². The van der Waals surface area contributed by atoms with Gasteiger partial charge >= 0.3 is 0 Å². The molecule has 1 amide bonds. The first-order valence-corrected chi connectivity index (χ1v) is 5.08. The molecule has 13 heavy (non-hydrogen) atoms. The van der Waals surface area contributed by atoms with Crippen molar-refractivity contribution in [1.29, 1.82) is 0 Å². The predicted molar refractivity (Wildman–Crippen MR) is 54.3 cm³/mol. The van der Waals surface area contributed by atoms with Crippen molar-refractivity contribution in [3.8, 4) is 0 Å². The largest absolute Gasteiger partial charge is 0.346 e. The van der Waals surface area contributed by atoms with Crippen molar-refractivity contribution in [2.75, 3.05) is 0 Å². The quantitative estimate of drug-likeness (QED) is 0.786. The average molecular weight is 219 g/mol. The molecule has 1 aromatic heterocycles. The maximum atomic E-state index is 11.4. The lowest BCUT2D eigenvalue weighted by Crippen LogP contribution is -2.40. The van der Waals surface area contributed by atoms with Gasteiger partial charge in [0.05, 0.1) is 0 Å². The van der Waals surface area contributed by atoms with Gasteiger partial charge in [0, 0.05) is 10.9 Å². The molecule has 72 valence electrons. The van der Waals surface area contributed by atoms with Gasteiger partial charge in [0.25, 0.3) is 5.91 Å². The van der Waals surface area contributed by atoms with Crippen LogP contribution in [0, 0.1) is 0 Å². The first-order chi connectivity index (χ1) is 5.88. The van der Waals surface area contributed by atoms with Crippen LogP contribution in [0.4, 0.5) is 0 Å². The molecular weight excluding hydrogens is 208 g/mol. The molecule has 1 rings (SSSR count). The molecule has 0 aromatic carbocycles. The molecule has 0 aliphatic rings. The van der Waals surface area contributed by atoms with Gasteiger partial charge in [-0.2, -0.15) is 0 Å². The molecule has 3 nitrogen and oxygen atoms in total. The van der Waals surface area contributed by atoms with Gasteiger partial charge in [-0.1, -0.05) is 11.6 Å². The summed E-state index contributed by atoms with van der Waals surface area (Å²) < 4.78 is 0.388. The van der Waals surface area contributed by atoms with Gasteiger partial charge in [-0.05, 0) is 20.8 Å². The minimum Gasteiger partial charge on any atom is -0.346 e. The highest BCUT2D eigenvalue weighted by Gasteiger charge is 2.17. The molecule has 0 bridgehead atoms. The Bertz CT molecular complexity index is 316. The summed E-state index contributed by atoms with van der Waals surface area (Å²) in [5.74, 6) is -0.185. The lowest BCUT2D eigenvalue weighted by molar-refractivity contribution is 0.0915. The molecule has 0 atom stereocenters. The van der Waals surface area contributed by atoms with Gasteiger partial charge in [0.1, 0.15) is 5.69 Å². The number of aromatic nitrogens is 1. The number of hydrogen-bond donors (Lipinski definition) is 1. The normalized spacial score (nSPS) is 11.4. The Hall–Kier alpha value is -0.610. The number of nitrogens with one attached hydrogen (secondary N) is 1. The van der Waals surface area contributed by atoms with Crippen LogP contribution in [-0.4, -0.2) is 16.4 Å². The third-order valence-corrected chi connectivity index (χ3v) is 2.18. The van der Waals surface area contributed by atoms with Gasteiger partial charge in [-0.3, -0.25) is 4.79 Å². The number of thiazole rings is 1. The molecule has 1 N–H and O–H groups in total. The van der Waals surface area contributed by atoms with E-state index in [2.05, 4.69) is 10.3 Å². The van der Waals surface area contributed by atoms with Crippen molar-refractivity contribution >= 4 is 28.8 Å². The number of amides is 1. The Morgan fingerprint density at radius 3 is 2.62 bits per heavy atom. The van der Waals surface area contributed by atoms with Gasteiger partial charge in [0.15, 0.2) is 4.47 Å². The summed E-state index contributed by atoms with van der Waals surface area (Å²) in [6.45, 7) is 5.75. The highest BCUT2D eigenvalue weighted by atomic mass is 35.5. The fraction of sp³-hybridized carbons (Fsp3) is 0.500. The second-order valence-corrected chi connectivity index (χ2v) is 5.13. The molecule has 5 heteroatoms. The SMILES string of the molecule is CC(C)(C)NC(=O)c1csc(Cl)n1. The molecule has 0 aliphatic heterocycles. The number of carbonyl (C=O) groups excluding carboxylic acids is 1. The smallest absolute Gasteiger partial charge is 0.271 e. The van der Waals surface area contributed by atoms with Crippen LogP contribution < -0.4 is 5.32 Å². The number of rotatable bonds is 1. The fourth-order valence-electron chi connectivity index (χ4n) is 0.761. The van der Waals surface area contributed by atoms with E-state index in [1.807, 2.05) is 20.8 Å². The zero-order valence-electron chi connectivity index (χ0n) is 7.72. The van der Waals surface area contributed by atoms with E-state index in [1.54, 1.807) is 5.38 Å². The maximum absolute atomic E-state index is 11.4. The third-order valence-electron chi connectivity index (χ3n) is 1.20. The van der Waals surface area contributed by atoms with E-state index in [4.69, 9.17) is 11.6 Å². The Morgan fingerprint density at radius 2 is 2.23 bits per heavy atom. The minimum atomic E-state index is -0.243. The molecule has 0 saturated heterocycles. The zero-order chi connectivity index (χ0) is 10.1. The van der Waals surface area contributed by atoms with Crippen LogP contribution in [0.1, 0.15) is 31.3 Å². The minimum absolute atomic E-state index is 0.185. The Kier molecular flexibility index (Phi) is 2.93. The monoisotopic (exact) mass is 218 g/mol. The number of halogens is 1. The van der Waals surface area contributed by atoms with Crippen molar-refractivity contribution in [1.82, 2.24) is 10.3 Å². The second kappa shape index (κ2) is 3.64. The predicted octanol–water partition coefficient (Wildman–Crippen LogP) is 2.32. The number of carbonyl (C=O) groups is 1. The fourth-order valence-corrected chi connectivity index (χ4v) is 1.51. The van der Waals surface area contributed by atoms with E-state index in [-0.39, 0.29) is 11.4 Å². The molecule has 0 aliphatic carbocycles. The van der Waals surface area contributed by atoms with Crippen molar-refractivity contribution < 1.29 is 4.79 Å². The van der Waals surface area contributed by atoms with E-state index >= 15 is 0 Å².